The van der Waals surface area contributed by atoms with Gasteiger partial charge in [0, 0.05) is 46.8 Å². The van der Waals surface area contributed by atoms with Crippen LogP contribution in [0.2, 0.25) is 5.02 Å². The van der Waals surface area contributed by atoms with Gasteiger partial charge in [0.2, 0.25) is 11.8 Å². The second-order valence-electron chi connectivity index (χ2n) is 7.40. The number of nitrogens with two attached hydrogens (primary N) is 1. The Hall–Kier alpha value is -3.58. The number of hydrogen-bond acceptors (Lipinski definition) is 4. The van der Waals surface area contributed by atoms with Crippen LogP contribution < -0.4 is 20.1 Å². The van der Waals surface area contributed by atoms with Gasteiger partial charge in [-0.25, -0.2) is 4.39 Å². The van der Waals surface area contributed by atoms with Crippen molar-refractivity contribution >= 4 is 29.1 Å². The molecular weight excluding hydrogens is 435 g/mol. The van der Waals surface area contributed by atoms with Gasteiger partial charge < -0.3 is 20.1 Å². The smallest absolute Gasteiger partial charge is 0.248 e. The molecule has 1 saturated heterocycles. The molecule has 2 N–H and O–H groups in total. The van der Waals surface area contributed by atoms with Crippen molar-refractivity contribution in [3.63, 3.8) is 0 Å². The molecule has 3 aromatic carbocycles. The van der Waals surface area contributed by atoms with Crippen molar-refractivity contribution in [1.82, 2.24) is 0 Å². The molecule has 0 saturated carbocycles. The van der Waals surface area contributed by atoms with Crippen molar-refractivity contribution in [2.75, 3.05) is 18.6 Å². The van der Waals surface area contributed by atoms with Gasteiger partial charge in [-0.15, -0.1) is 0 Å². The van der Waals surface area contributed by atoms with E-state index in [9.17, 15) is 14.0 Å². The molecule has 4 rings (SSSR count). The highest BCUT2D eigenvalue weighted by Gasteiger charge is 2.33. The summed E-state index contributed by atoms with van der Waals surface area (Å²) in [4.78, 5) is 25.9. The van der Waals surface area contributed by atoms with Crippen LogP contribution in [0.1, 0.15) is 28.3 Å². The molecule has 0 radical (unpaired) electrons. The third-order valence-corrected chi connectivity index (χ3v) is 5.56. The summed E-state index contributed by atoms with van der Waals surface area (Å²) in [6, 6.07) is 15.7. The SMILES string of the molecule is COc1ccc(F)cc1Oc1cc(Cl)ccc1[C@H]1CC(=O)N(c2cccc(C(N)=O)c2)C1. The number of halogens is 2. The van der Waals surface area contributed by atoms with E-state index < -0.39 is 11.7 Å². The predicted octanol–water partition coefficient (Wildman–Crippen LogP) is 4.90. The number of amides is 2. The van der Waals surface area contributed by atoms with Gasteiger partial charge in [0.25, 0.3) is 0 Å². The summed E-state index contributed by atoms with van der Waals surface area (Å²) in [5.41, 5.74) is 7.04. The number of primary amides is 1. The Bertz CT molecular complexity index is 1200. The molecule has 0 bridgehead atoms. The first kappa shape index (κ1) is 21.6. The summed E-state index contributed by atoms with van der Waals surface area (Å²) in [5, 5.41) is 0.439. The number of ether oxygens (including phenoxy) is 2. The van der Waals surface area contributed by atoms with Crippen LogP contribution >= 0.6 is 11.6 Å². The number of nitrogens with zero attached hydrogens (tertiary/aromatic N) is 1. The van der Waals surface area contributed by atoms with Gasteiger partial charge in [-0.3, -0.25) is 9.59 Å². The summed E-state index contributed by atoms with van der Waals surface area (Å²) >= 11 is 6.19. The number of carbonyl (C=O) groups is 2. The lowest BCUT2D eigenvalue weighted by Crippen LogP contribution is -2.24. The monoisotopic (exact) mass is 454 g/mol. The molecule has 6 nitrogen and oxygen atoms in total. The zero-order chi connectivity index (χ0) is 22.8. The Morgan fingerprint density at radius 3 is 2.66 bits per heavy atom. The van der Waals surface area contributed by atoms with Crippen LogP contribution in [0.25, 0.3) is 0 Å². The Labute approximate surface area is 189 Å². The number of methoxy groups -OCH3 is 1. The van der Waals surface area contributed by atoms with Crippen LogP contribution in [-0.4, -0.2) is 25.5 Å². The van der Waals surface area contributed by atoms with Gasteiger partial charge in [-0.05, 0) is 42.5 Å². The lowest BCUT2D eigenvalue weighted by Gasteiger charge is -2.19. The molecule has 0 unspecified atom stereocenters. The molecule has 1 aliphatic heterocycles. The van der Waals surface area contributed by atoms with Crippen LogP contribution in [0.5, 0.6) is 17.2 Å². The Morgan fingerprint density at radius 2 is 1.91 bits per heavy atom. The van der Waals surface area contributed by atoms with E-state index in [1.165, 1.54) is 25.3 Å². The number of benzene rings is 3. The molecule has 0 aromatic heterocycles. The van der Waals surface area contributed by atoms with E-state index in [-0.39, 0.29) is 24.0 Å². The summed E-state index contributed by atoms with van der Waals surface area (Å²) < 4.78 is 25.1. The van der Waals surface area contributed by atoms with Crippen LogP contribution in [0, 0.1) is 5.82 Å². The minimum absolute atomic E-state index is 0.0964. The zero-order valence-electron chi connectivity index (χ0n) is 17.2. The van der Waals surface area contributed by atoms with Crippen molar-refractivity contribution < 1.29 is 23.5 Å². The van der Waals surface area contributed by atoms with Gasteiger partial charge in [0.15, 0.2) is 11.5 Å². The first-order valence-electron chi connectivity index (χ1n) is 9.87. The average Bonchev–Trinajstić information content (AvgIpc) is 3.15. The Balaban J connectivity index is 1.65. The van der Waals surface area contributed by atoms with Gasteiger partial charge in [-0.1, -0.05) is 23.7 Å². The highest BCUT2D eigenvalue weighted by atomic mass is 35.5. The molecule has 1 heterocycles. The fraction of sp³-hybridized carbons (Fsp3) is 0.167. The largest absolute Gasteiger partial charge is 0.493 e. The highest BCUT2D eigenvalue weighted by Crippen LogP contribution is 2.41. The summed E-state index contributed by atoms with van der Waals surface area (Å²) in [7, 11) is 1.46. The van der Waals surface area contributed by atoms with Crippen LogP contribution in [0.15, 0.2) is 60.7 Å². The molecule has 0 spiro atoms. The number of hydrogen-bond donors (Lipinski definition) is 1. The first-order valence-corrected chi connectivity index (χ1v) is 10.2. The molecule has 1 fully saturated rings. The van der Waals surface area contributed by atoms with Gasteiger partial charge in [-0.2, -0.15) is 0 Å². The number of anilines is 1. The molecular formula is C24H20ClFN2O4. The highest BCUT2D eigenvalue weighted by molar-refractivity contribution is 6.30. The summed E-state index contributed by atoms with van der Waals surface area (Å²) in [6.45, 7) is 0.374. The number of carbonyl (C=O) groups excluding carboxylic acids is 2. The molecule has 1 atom stereocenters. The fourth-order valence-corrected chi connectivity index (χ4v) is 3.94. The summed E-state index contributed by atoms with van der Waals surface area (Å²) in [6.07, 6.45) is 0.235. The van der Waals surface area contributed by atoms with Gasteiger partial charge >= 0.3 is 0 Å². The zero-order valence-corrected chi connectivity index (χ0v) is 17.9. The lowest BCUT2D eigenvalue weighted by atomic mass is 9.97. The molecule has 0 aliphatic carbocycles. The van der Waals surface area contributed by atoms with Crippen molar-refractivity contribution in [1.29, 1.82) is 0 Å². The van der Waals surface area contributed by atoms with Gasteiger partial charge in [0.1, 0.15) is 11.6 Å². The molecule has 32 heavy (non-hydrogen) atoms. The van der Waals surface area contributed by atoms with E-state index in [2.05, 4.69) is 0 Å². The Morgan fingerprint density at radius 1 is 1.09 bits per heavy atom. The quantitative estimate of drug-likeness (QED) is 0.574. The van der Waals surface area contributed by atoms with E-state index in [1.807, 2.05) is 0 Å². The van der Waals surface area contributed by atoms with Gasteiger partial charge in [0.05, 0.1) is 7.11 Å². The number of rotatable bonds is 6. The molecule has 8 heteroatoms. The van der Waals surface area contributed by atoms with Crippen LogP contribution in [0.4, 0.5) is 10.1 Å². The minimum Gasteiger partial charge on any atom is -0.493 e. The lowest BCUT2D eigenvalue weighted by molar-refractivity contribution is -0.117. The van der Waals surface area contributed by atoms with E-state index in [4.69, 9.17) is 26.8 Å². The normalized spacial score (nSPS) is 15.7. The third kappa shape index (κ3) is 4.38. The van der Waals surface area contributed by atoms with Crippen molar-refractivity contribution in [3.05, 3.63) is 82.6 Å². The standard InChI is InChI=1S/C24H20ClFN2O4/c1-31-20-8-6-17(26)12-22(20)32-21-11-16(25)5-7-19(21)15-10-23(29)28(13-15)18-4-2-3-14(9-18)24(27)30/h2-9,11-12,15H,10,13H2,1H3,(H2,27,30)/t15-/m0/s1. The second-order valence-corrected chi connectivity index (χ2v) is 7.84. The fourth-order valence-electron chi connectivity index (χ4n) is 3.78. The van der Waals surface area contributed by atoms with Crippen molar-refractivity contribution in [2.24, 2.45) is 5.73 Å². The van der Waals surface area contributed by atoms with E-state index in [1.54, 1.807) is 47.4 Å². The Kier molecular flexibility index (Phi) is 6.01. The second kappa shape index (κ2) is 8.88. The molecule has 2 amide bonds. The van der Waals surface area contributed by atoms with Crippen LogP contribution in [-0.2, 0) is 4.79 Å². The summed E-state index contributed by atoms with van der Waals surface area (Å²) in [5.74, 6) is -0.358. The predicted molar refractivity (Wildman–Crippen MR) is 119 cm³/mol. The van der Waals surface area contributed by atoms with E-state index in [0.717, 1.165) is 5.56 Å². The first-order chi connectivity index (χ1) is 15.4. The van der Waals surface area contributed by atoms with Crippen LogP contribution in [0.3, 0.4) is 0 Å². The topological polar surface area (TPSA) is 81.9 Å². The van der Waals surface area contributed by atoms with E-state index in [0.29, 0.717) is 34.3 Å². The minimum atomic E-state index is -0.563. The third-order valence-electron chi connectivity index (χ3n) is 5.33. The molecule has 164 valence electrons. The average molecular weight is 455 g/mol. The van der Waals surface area contributed by atoms with Crippen molar-refractivity contribution in [3.8, 4) is 17.2 Å². The maximum Gasteiger partial charge on any atom is 0.248 e. The molecule has 1 aliphatic rings. The molecule has 3 aromatic rings. The maximum atomic E-state index is 13.8. The van der Waals surface area contributed by atoms with Crippen molar-refractivity contribution in [2.45, 2.75) is 12.3 Å². The maximum absolute atomic E-state index is 13.8. The van der Waals surface area contributed by atoms with E-state index >= 15 is 0 Å².